The van der Waals surface area contributed by atoms with Gasteiger partial charge in [-0.15, -0.1) is 0 Å². The zero-order chi connectivity index (χ0) is 20.4. The SMILES string of the molecule is O=c1cc(Cn2nc(C(F)(F)F)cc2Cl)nc2sc(C(F)(F)F)c(C3CC3)n12. The van der Waals surface area contributed by atoms with Crippen LogP contribution in [0.15, 0.2) is 16.9 Å². The van der Waals surface area contributed by atoms with Crippen molar-refractivity contribution in [3.05, 3.63) is 49.6 Å². The minimum absolute atomic E-state index is 0.0407. The molecule has 13 heteroatoms. The molecular weight excluding hydrogens is 434 g/mol. The van der Waals surface area contributed by atoms with E-state index < -0.39 is 35.0 Å². The lowest BCUT2D eigenvalue weighted by molar-refractivity contribution is -0.141. The molecule has 0 N–H and O–H groups in total. The van der Waals surface area contributed by atoms with Gasteiger partial charge in [-0.2, -0.15) is 31.4 Å². The summed E-state index contributed by atoms with van der Waals surface area (Å²) in [6, 6.07) is 1.60. The summed E-state index contributed by atoms with van der Waals surface area (Å²) in [5.41, 5.74) is -2.09. The Labute approximate surface area is 161 Å². The first-order chi connectivity index (χ1) is 12.9. The van der Waals surface area contributed by atoms with Crippen molar-refractivity contribution in [2.45, 2.75) is 37.7 Å². The molecule has 0 amide bonds. The number of halogens is 7. The highest BCUT2D eigenvalue weighted by Gasteiger charge is 2.42. The van der Waals surface area contributed by atoms with Crippen LogP contribution in [0, 0.1) is 0 Å². The molecule has 1 fully saturated rings. The van der Waals surface area contributed by atoms with E-state index in [1.54, 1.807) is 0 Å². The first kappa shape index (κ1) is 19.2. The third-order valence-corrected chi connectivity index (χ3v) is 5.57. The van der Waals surface area contributed by atoms with E-state index in [1.807, 2.05) is 0 Å². The molecule has 150 valence electrons. The lowest BCUT2D eigenvalue weighted by Crippen LogP contribution is -2.19. The molecule has 1 aliphatic carbocycles. The number of rotatable bonds is 3. The summed E-state index contributed by atoms with van der Waals surface area (Å²) in [7, 11) is 0. The summed E-state index contributed by atoms with van der Waals surface area (Å²) in [5.74, 6) is -0.356. The Morgan fingerprint density at radius 3 is 2.36 bits per heavy atom. The van der Waals surface area contributed by atoms with Crippen molar-refractivity contribution in [1.82, 2.24) is 19.2 Å². The number of hydrogen-bond acceptors (Lipinski definition) is 4. The monoisotopic (exact) mass is 442 g/mol. The lowest BCUT2D eigenvalue weighted by Gasteiger charge is -2.07. The average molecular weight is 443 g/mol. The highest BCUT2D eigenvalue weighted by Crippen LogP contribution is 2.48. The highest BCUT2D eigenvalue weighted by molar-refractivity contribution is 7.17. The molecule has 0 aromatic carbocycles. The van der Waals surface area contributed by atoms with E-state index >= 15 is 0 Å². The molecular formula is C15H9ClF6N4OS. The van der Waals surface area contributed by atoms with Crippen molar-refractivity contribution in [1.29, 1.82) is 0 Å². The van der Waals surface area contributed by atoms with Crippen LogP contribution in [0.1, 0.15) is 40.7 Å². The maximum absolute atomic E-state index is 13.4. The minimum Gasteiger partial charge on any atom is -0.269 e. The van der Waals surface area contributed by atoms with Crippen molar-refractivity contribution in [2.24, 2.45) is 0 Å². The number of aromatic nitrogens is 4. The zero-order valence-corrected chi connectivity index (χ0v) is 15.2. The van der Waals surface area contributed by atoms with E-state index in [9.17, 15) is 31.1 Å². The van der Waals surface area contributed by atoms with Crippen molar-refractivity contribution in [2.75, 3.05) is 0 Å². The topological polar surface area (TPSA) is 52.2 Å². The molecule has 0 atom stereocenters. The Kier molecular flexibility index (Phi) is 4.27. The number of alkyl halides is 6. The van der Waals surface area contributed by atoms with Crippen molar-refractivity contribution in [3.63, 3.8) is 0 Å². The molecule has 0 bridgehead atoms. The Hall–Kier alpha value is -2.08. The smallest absolute Gasteiger partial charge is 0.269 e. The third kappa shape index (κ3) is 3.39. The summed E-state index contributed by atoms with van der Waals surface area (Å²) in [6.07, 6.45) is -8.24. The number of fused-ring (bicyclic) bond motifs is 1. The maximum Gasteiger partial charge on any atom is 0.435 e. The van der Waals surface area contributed by atoms with Gasteiger partial charge < -0.3 is 0 Å². The molecule has 0 saturated heterocycles. The van der Waals surface area contributed by atoms with Crippen LogP contribution in [0.2, 0.25) is 5.15 Å². The van der Waals surface area contributed by atoms with E-state index in [0.29, 0.717) is 30.2 Å². The molecule has 3 aromatic heterocycles. The molecule has 3 aromatic rings. The molecule has 0 radical (unpaired) electrons. The lowest BCUT2D eigenvalue weighted by atomic mass is 10.2. The van der Waals surface area contributed by atoms with Gasteiger partial charge in [0.1, 0.15) is 10.0 Å². The van der Waals surface area contributed by atoms with Crippen molar-refractivity contribution in [3.8, 4) is 0 Å². The summed E-state index contributed by atoms with van der Waals surface area (Å²) in [6.45, 7) is -0.390. The zero-order valence-electron chi connectivity index (χ0n) is 13.6. The summed E-state index contributed by atoms with van der Waals surface area (Å²) < 4.78 is 79.9. The Morgan fingerprint density at radius 2 is 1.82 bits per heavy atom. The van der Waals surface area contributed by atoms with Crippen molar-refractivity contribution >= 4 is 27.9 Å². The molecule has 0 aliphatic heterocycles. The van der Waals surface area contributed by atoms with Crippen LogP contribution in [0.5, 0.6) is 0 Å². The molecule has 0 unspecified atom stereocenters. The molecule has 5 nitrogen and oxygen atoms in total. The van der Waals surface area contributed by atoms with Gasteiger partial charge in [-0.3, -0.25) is 9.20 Å². The second-order valence-corrected chi connectivity index (χ2v) is 7.66. The Bertz CT molecular complexity index is 1120. The van der Waals surface area contributed by atoms with Gasteiger partial charge in [-0.25, -0.2) is 9.67 Å². The van der Waals surface area contributed by atoms with Crippen LogP contribution in [0.3, 0.4) is 0 Å². The fraction of sp³-hybridized carbons (Fsp3) is 0.400. The molecule has 1 aliphatic rings. The predicted octanol–water partition coefficient (Wildman–Crippen LogP) is 4.57. The Morgan fingerprint density at radius 1 is 1.14 bits per heavy atom. The van der Waals surface area contributed by atoms with E-state index in [1.165, 1.54) is 0 Å². The van der Waals surface area contributed by atoms with E-state index in [-0.39, 0.29) is 27.4 Å². The fourth-order valence-corrected chi connectivity index (χ4v) is 4.15. The van der Waals surface area contributed by atoms with E-state index in [4.69, 9.17) is 11.6 Å². The average Bonchev–Trinajstić information content (AvgIpc) is 3.20. The van der Waals surface area contributed by atoms with Crippen LogP contribution in [0.25, 0.3) is 4.96 Å². The second-order valence-electron chi connectivity index (χ2n) is 6.30. The van der Waals surface area contributed by atoms with Gasteiger partial charge in [0.15, 0.2) is 10.7 Å². The van der Waals surface area contributed by atoms with E-state index in [0.717, 1.165) is 15.1 Å². The van der Waals surface area contributed by atoms with Crippen LogP contribution < -0.4 is 5.56 Å². The summed E-state index contributed by atoms with van der Waals surface area (Å²) >= 11 is 6.08. The molecule has 3 heterocycles. The third-order valence-electron chi connectivity index (χ3n) is 4.16. The second kappa shape index (κ2) is 6.21. The van der Waals surface area contributed by atoms with Crippen LogP contribution in [0.4, 0.5) is 26.3 Å². The fourth-order valence-electron chi connectivity index (χ4n) is 2.85. The first-order valence-electron chi connectivity index (χ1n) is 7.88. The molecule has 4 rings (SSSR count). The van der Waals surface area contributed by atoms with E-state index in [2.05, 4.69) is 10.1 Å². The van der Waals surface area contributed by atoms with Crippen LogP contribution in [-0.2, 0) is 18.9 Å². The number of nitrogens with zero attached hydrogens (tertiary/aromatic N) is 4. The van der Waals surface area contributed by atoms with Crippen LogP contribution >= 0.6 is 22.9 Å². The van der Waals surface area contributed by atoms with Gasteiger partial charge in [0.05, 0.1) is 17.9 Å². The van der Waals surface area contributed by atoms with Crippen molar-refractivity contribution < 1.29 is 26.3 Å². The quantitative estimate of drug-likeness (QED) is 0.558. The Balaban J connectivity index is 1.79. The summed E-state index contributed by atoms with van der Waals surface area (Å²) in [4.78, 5) is 15.4. The van der Waals surface area contributed by atoms with Gasteiger partial charge in [-0.1, -0.05) is 22.9 Å². The van der Waals surface area contributed by atoms with Gasteiger partial charge >= 0.3 is 12.4 Å². The van der Waals surface area contributed by atoms with Gasteiger partial charge in [0.25, 0.3) is 5.56 Å². The molecule has 1 saturated carbocycles. The summed E-state index contributed by atoms with van der Waals surface area (Å²) in [5, 5.41) is 2.98. The largest absolute Gasteiger partial charge is 0.435 e. The van der Waals surface area contributed by atoms with Crippen LogP contribution in [-0.4, -0.2) is 19.2 Å². The minimum atomic E-state index is -4.71. The first-order valence-corrected chi connectivity index (χ1v) is 9.07. The molecule has 28 heavy (non-hydrogen) atoms. The van der Waals surface area contributed by atoms with Gasteiger partial charge in [0, 0.05) is 18.1 Å². The number of thiazole rings is 1. The maximum atomic E-state index is 13.4. The molecule has 0 spiro atoms. The standard InChI is InChI=1S/C15H9ClF6N4OS/c16-9-4-8(14(17,18)19)24-25(9)5-7-3-10(27)26-11(6-1-2-6)12(15(20,21)22)28-13(26)23-7/h3-4,6H,1-2,5H2. The highest BCUT2D eigenvalue weighted by atomic mass is 35.5. The number of hydrogen-bond donors (Lipinski definition) is 0. The van der Waals surface area contributed by atoms with Gasteiger partial charge in [-0.05, 0) is 12.8 Å². The normalized spacial score (nSPS) is 15.5. The van der Waals surface area contributed by atoms with Gasteiger partial charge in [0.2, 0.25) is 0 Å². The predicted molar refractivity (Wildman–Crippen MR) is 87.7 cm³/mol.